The number of hydrogen-bond acceptors (Lipinski definition) is 4. The number of methoxy groups -OCH3 is 1. The average molecular weight is 337 g/mol. The lowest BCUT2D eigenvalue weighted by atomic mass is 10.2. The number of hydrogen-bond donors (Lipinski definition) is 0. The molecule has 0 aromatic heterocycles. The maximum Gasteiger partial charge on any atom is 0.161 e. The summed E-state index contributed by atoms with van der Waals surface area (Å²) in [4.78, 5) is 0. The Labute approximate surface area is 141 Å². The molecule has 0 fully saturated rings. The third-order valence-electron chi connectivity index (χ3n) is 3.11. The lowest BCUT2D eigenvalue weighted by Gasteiger charge is -2.11. The molecule has 0 saturated heterocycles. The highest BCUT2D eigenvalue weighted by Crippen LogP contribution is 2.27. The summed E-state index contributed by atoms with van der Waals surface area (Å²) >= 11 is 5.81. The second-order valence-corrected chi connectivity index (χ2v) is 5.35. The van der Waals surface area contributed by atoms with Gasteiger partial charge in [-0.1, -0.05) is 17.7 Å². The molecule has 0 bridgehead atoms. The van der Waals surface area contributed by atoms with Gasteiger partial charge >= 0.3 is 0 Å². The molecular formula is C18H21ClO4. The molecule has 0 aliphatic heterocycles. The van der Waals surface area contributed by atoms with E-state index in [9.17, 15) is 0 Å². The third kappa shape index (κ3) is 6.00. The number of rotatable bonds is 9. The number of aryl methyl sites for hydroxylation is 1. The SMILES string of the molecule is COc1cc(C)ccc1OCCOCCOc1ccc(Cl)cc1. The lowest BCUT2D eigenvalue weighted by Crippen LogP contribution is -2.12. The highest BCUT2D eigenvalue weighted by Gasteiger charge is 2.03. The van der Waals surface area contributed by atoms with E-state index >= 15 is 0 Å². The summed E-state index contributed by atoms with van der Waals surface area (Å²) in [6, 6.07) is 13.1. The van der Waals surface area contributed by atoms with Gasteiger partial charge in [0.1, 0.15) is 19.0 Å². The van der Waals surface area contributed by atoms with Gasteiger partial charge in [-0.05, 0) is 48.9 Å². The molecule has 5 heteroatoms. The Morgan fingerprint density at radius 2 is 1.52 bits per heavy atom. The molecule has 0 spiro atoms. The Balaban J connectivity index is 1.60. The van der Waals surface area contributed by atoms with E-state index in [-0.39, 0.29) is 0 Å². The van der Waals surface area contributed by atoms with Crippen LogP contribution in [0.2, 0.25) is 5.02 Å². The first-order chi connectivity index (χ1) is 11.2. The predicted octanol–water partition coefficient (Wildman–Crippen LogP) is 4.13. The van der Waals surface area contributed by atoms with Gasteiger partial charge in [-0.2, -0.15) is 0 Å². The van der Waals surface area contributed by atoms with Crippen molar-refractivity contribution in [1.82, 2.24) is 0 Å². The first kappa shape index (κ1) is 17.4. The average Bonchev–Trinajstić information content (AvgIpc) is 2.56. The fourth-order valence-corrected chi connectivity index (χ4v) is 2.08. The number of benzene rings is 2. The molecule has 0 aliphatic rings. The van der Waals surface area contributed by atoms with Crippen LogP contribution >= 0.6 is 11.6 Å². The minimum absolute atomic E-state index is 0.459. The lowest BCUT2D eigenvalue weighted by molar-refractivity contribution is 0.0757. The summed E-state index contributed by atoms with van der Waals surface area (Å²) in [6.45, 7) is 3.93. The quantitative estimate of drug-likeness (QED) is 0.645. The van der Waals surface area contributed by atoms with E-state index in [0.29, 0.717) is 31.5 Å². The van der Waals surface area contributed by atoms with Crippen molar-refractivity contribution in [2.24, 2.45) is 0 Å². The van der Waals surface area contributed by atoms with Crippen LogP contribution in [0.5, 0.6) is 17.2 Å². The Hall–Kier alpha value is -1.91. The van der Waals surface area contributed by atoms with Crippen LogP contribution in [0.4, 0.5) is 0 Å². The van der Waals surface area contributed by atoms with Crippen LogP contribution in [0.25, 0.3) is 0 Å². The van der Waals surface area contributed by atoms with Gasteiger partial charge < -0.3 is 18.9 Å². The van der Waals surface area contributed by atoms with Crippen LogP contribution in [0.1, 0.15) is 5.56 Å². The molecule has 0 N–H and O–H groups in total. The Morgan fingerprint density at radius 1 is 0.826 bits per heavy atom. The standard InChI is InChI=1S/C18H21ClO4/c1-14-3-8-17(18(13-14)20-2)23-12-10-21-9-11-22-16-6-4-15(19)5-7-16/h3-8,13H,9-12H2,1-2H3. The maximum absolute atomic E-state index is 5.81. The van der Waals surface area contributed by atoms with Crippen molar-refractivity contribution >= 4 is 11.6 Å². The van der Waals surface area contributed by atoms with E-state index in [1.54, 1.807) is 19.2 Å². The molecule has 4 nitrogen and oxygen atoms in total. The van der Waals surface area contributed by atoms with E-state index in [2.05, 4.69) is 0 Å². The summed E-state index contributed by atoms with van der Waals surface area (Å²) in [5, 5.41) is 0.692. The first-order valence-corrected chi connectivity index (χ1v) is 7.80. The predicted molar refractivity (Wildman–Crippen MR) is 91.0 cm³/mol. The van der Waals surface area contributed by atoms with E-state index < -0.39 is 0 Å². The topological polar surface area (TPSA) is 36.9 Å². The van der Waals surface area contributed by atoms with Crippen LogP contribution in [0.3, 0.4) is 0 Å². The molecule has 2 rings (SSSR count). The van der Waals surface area contributed by atoms with Crippen molar-refractivity contribution in [3.05, 3.63) is 53.1 Å². The first-order valence-electron chi connectivity index (χ1n) is 7.42. The summed E-state index contributed by atoms with van der Waals surface area (Å²) in [6.07, 6.45) is 0. The van der Waals surface area contributed by atoms with Gasteiger partial charge in [0.15, 0.2) is 11.5 Å². The summed E-state index contributed by atoms with van der Waals surface area (Å²) in [5.74, 6) is 2.23. The second-order valence-electron chi connectivity index (χ2n) is 4.92. The van der Waals surface area contributed by atoms with Gasteiger partial charge in [0.05, 0.1) is 20.3 Å². The van der Waals surface area contributed by atoms with Crippen molar-refractivity contribution in [2.75, 3.05) is 33.5 Å². The number of halogens is 1. The van der Waals surface area contributed by atoms with Crippen LogP contribution in [0, 0.1) is 6.92 Å². The van der Waals surface area contributed by atoms with Gasteiger partial charge in [0.25, 0.3) is 0 Å². The van der Waals surface area contributed by atoms with Gasteiger partial charge in [0, 0.05) is 5.02 Å². The zero-order valence-electron chi connectivity index (χ0n) is 13.4. The molecule has 23 heavy (non-hydrogen) atoms. The van der Waals surface area contributed by atoms with Crippen molar-refractivity contribution in [1.29, 1.82) is 0 Å². The van der Waals surface area contributed by atoms with Crippen molar-refractivity contribution in [3.63, 3.8) is 0 Å². The molecular weight excluding hydrogens is 316 g/mol. The minimum Gasteiger partial charge on any atom is -0.493 e. The molecule has 0 aliphatic carbocycles. The van der Waals surface area contributed by atoms with Crippen LogP contribution in [0.15, 0.2) is 42.5 Å². The third-order valence-corrected chi connectivity index (χ3v) is 3.37. The maximum atomic E-state index is 5.81. The highest BCUT2D eigenvalue weighted by molar-refractivity contribution is 6.30. The molecule has 0 unspecified atom stereocenters. The normalized spacial score (nSPS) is 10.4. The molecule has 0 atom stereocenters. The van der Waals surface area contributed by atoms with Gasteiger partial charge in [-0.3, -0.25) is 0 Å². The second kappa shape index (κ2) is 9.28. The fourth-order valence-electron chi connectivity index (χ4n) is 1.96. The largest absolute Gasteiger partial charge is 0.493 e. The molecule has 0 heterocycles. The highest BCUT2D eigenvalue weighted by atomic mass is 35.5. The Morgan fingerprint density at radius 3 is 2.22 bits per heavy atom. The van der Waals surface area contributed by atoms with E-state index in [0.717, 1.165) is 22.8 Å². The van der Waals surface area contributed by atoms with Gasteiger partial charge in [-0.25, -0.2) is 0 Å². The van der Waals surface area contributed by atoms with Crippen LogP contribution in [-0.4, -0.2) is 33.5 Å². The number of ether oxygens (including phenoxy) is 4. The van der Waals surface area contributed by atoms with Gasteiger partial charge in [0.2, 0.25) is 0 Å². The van der Waals surface area contributed by atoms with Gasteiger partial charge in [-0.15, -0.1) is 0 Å². The van der Waals surface area contributed by atoms with Crippen molar-refractivity contribution < 1.29 is 18.9 Å². The zero-order chi connectivity index (χ0) is 16.5. The molecule has 0 amide bonds. The summed E-state index contributed by atoms with van der Waals surface area (Å²) in [7, 11) is 1.63. The summed E-state index contributed by atoms with van der Waals surface area (Å²) < 4.78 is 22.0. The van der Waals surface area contributed by atoms with Crippen molar-refractivity contribution in [3.8, 4) is 17.2 Å². The van der Waals surface area contributed by atoms with Crippen LogP contribution < -0.4 is 14.2 Å². The molecule has 124 valence electrons. The molecule has 2 aromatic carbocycles. The summed E-state index contributed by atoms with van der Waals surface area (Å²) in [5.41, 5.74) is 1.13. The van der Waals surface area contributed by atoms with E-state index in [4.69, 9.17) is 30.5 Å². The smallest absolute Gasteiger partial charge is 0.161 e. The Kier molecular flexibility index (Phi) is 7.04. The Bertz CT molecular complexity index is 598. The van der Waals surface area contributed by atoms with Crippen molar-refractivity contribution in [2.45, 2.75) is 6.92 Å². The van der Waals surface area contributed by atoms with Crippen LogP contribution in [-0.2, 0) is 4.74 Å². The molecule has 0 saturated carbocycles. The van der Waals surface area contributed by atoms with E-state index in [1.165, 1.54) is 0 Å². The molecule has 0 radical (unpaired) electrons. The fraction of sp³-hybridized carbons (Fsp3) is 0.333. The molecule has 2 aromatic rings. The minimum atomic E-state index is 0.459. The van der Waals surface area contributed by atoms with E-state index in [1.807, 2.05) is 37.3 Å². The zero-order valence-corrected chi connectivity index (χ0v) is 14.1. The monoisotopic (exact) mass is 336 g/mol.